The van der Waals surface area contributed by atoms with Gasteiger partial charge in [-0.3, -0.25) is 4.79 Å². The van der Waals surface area contributed by atoms with Crippen LogP contribution in [0.2, 0.25) is 0 Å². The Morgan fingerprint density at radius 1 is 1.28 bits per heavy atom. The molecule has 0 bridgehead atoms. The Morgan fingerprint density at radius 2 is 1.78 bits per heavy atom. The zero-order chi connectivity index (χ0) is 13.9. The molecule has 3 N–H and O–H groups in total. The molecule has 0 spiro atoms. The maximum atomic E-state index is 13.3. The van der Waals surface area contributed by atoms with Crippen molar-refractivity contribution < 1.29 is 18.0 Å². The second kappa shape index (κ2) is 5.86. The summed E-state index contributed by atoms with van der Waals surface area (Å²) in [6.07, 6.45) is 0. The largest absolute Gasteiger partial charge is 0.330 e. The normalized spacial score (nSPS) is 12.6. The van der Waals surface area contributed by atoms with E-state index in [1.165, 1.54) is 0 Å². The van der Waals surface area contributed by atoms with Crippen LogP contribution in [0.4, 0.5) is 18.9 Å². The van der Waals surface area contributed by atoms with Gasteiger partial charge in [0.1, 0.15) is 11.5 Å². The number of nitrogens with two attached hydrogens (primary N) is 1. The lowest BCUT2D eigenvalue weighted by molar-refractivity contribution is -0.120. The van der Waals surface area contributed by atoms with Crippen molar-refractivity contribution in [2.45, 2.75) is 13.8 Å². The summed E-state index contributed by atoms with van der Waals surface area (Å²) < 4.78 is 39.3. The van der Waals surface area contributed by atoms with Gasteiger partial charge in [0.25, 0.3) is 0 Å². The monoisotopic (exact) mass is 260 g/mol. The average molecular weight is 260 g/mol. The Labute approximate surface area is 103 Å². The highest BCUT2D eigenvalue weighted by Crippen LogP contribution is 2.21. The van der Waals surface area contributed by atoms with Gasteiger partial charge in [0, 0.05) is 18.7 Å². The van der Waals surface area contributed by atoms with Crippen LogP contribution in [0.5, 0.6) is 0 Å². The van der Waals surface area contributed by atoms with Crippen LogP contribution >= 0.6 is 0 Å². The van der Waals surface area contributed by atoms with Crippen molar-refractivity contribution >= 4 is 11.6 Å². The zero-order valence-electron chi connectivity index (χ0n) is 10.1. The zero-order valence-corrected chi connectivity index (χ0v) is 10.1. The highest BCUT2D eigenvalue weighted by Gasteiger charge is 2.23. The molecule has 6 heteroatoms. The molecule has 0 saturated carbocycles. The third-order valence-corrected chi connectivity index (χ3v) is 2.65. The molecular weight excluding hydrogens is 245 g/mol. The summed E-state index contributed by atoms with van der Waals surface area (Å²) in [5, 5.41) is 2.10. The number of carbonyl (C=O) groups is 1. The van der Waals surface area contributed by atoms with Crippen LogP contribution in [0.25, 0.3) is 0 Å². The van der Waals surface area contributed by atoms with Gasteiger partial charge >= 0.3 is 0 Å². The summed E-state index contributed by atoms with van der Waals surface area (Å²) in [4.78, 5) is 11.8. The standard InChI is InChI=1S/C12H15F3N2O/c1-6(2)8(5-16)12(18)17-11-9(14)3-7(13)4-10(11)15/h3-4,6,8H,5,16H2,1-2H3,(H,17,18). The molecule has 1 atom stereocenters. The summed E-state index contributed by atoms with van der Waals surface area (Å²) in [5.74, 6) is -4.56. The number of rotatable bonds is 4. The number of amides is 1. The van der Waals surface area contributed by atoms with Gasteiger partial charge < -0.3 is 11.1 Å². The van der Waals surface area contributed by atoms with Gasteiger partial charge in [-0.2, -0.15) is 0 Å². The van der Waals surface area contributed by atoms with E-state index in [-0.39, 0.29) is 12.5 Å². The minimum Gasteiger partial charge on any atom is -0.330 e. The Kier molecular flexibility index (Phi) is 4.72. The molecular formula is C12H15F3N2O. The van der Waals surface area contributed by atoms with E-state index in [1.54, 1.807) is 13.8 Å². The molecule has 18 heavy (non-hydrogen) atoms. The van der Waals surface area contributed by atoms with E-state index >= 15 is 0 Å². The summed E-state index contributed by atoms with van der Waals surface area (Å²) in [5.41, 5.74) is 4.77. The number of anilines is 1. The fraction of sp³-hybridized carbons (Fsp3) is 0.417. The highest BCUT2D eigenvalue weighted by atomic mass is 19.1. The quantitative estimate of drug-likeness (QED) is 0.872. The molecule has 0 saturated heterocycles. The van der Waals surface area contributed by atoms with Crippen molar-refractivity contribution in [3.05, 3.63) is 29.6 Å². The molecule has 0 aliphatic rings. The Balaban J connectivity index is 2.95. The number of hydrogen-bond donors (Lipinski definition) is 2. The molecule has 0 aliphatic carbocycles. The van der Waals surface area contributed by atoms with Crippen LogP contribution in [-0.2, 0) is 4.79 Å². The topological polar surface area (TPSA) is 55.1 Å². The molecule has 1 unspecified atom stereocenters. The van der Waals surface area contributed by atoms with Crippen molar-refractivity contribution in [3.8, 4) is 0 Å². The van der Waals surface area contributed by atoms with E-state index in [0.717, 1.165) is 0 Å². The van der Waals surface area contributed by atoms with E-state index in [9.17, 15) is 18.0 Å². The fourth-order valence-corrected chi connectivity index (χ4v) is 1.56. The van der Waals surface area contributed by atoms with Crippen LogP contribution in [-0.4, -0.2) is 12.5 Å². The van der Waals surface area contributed by atoms with Crippen molar-refractivity contribution in [1.29, 1.82) is 0 Å². The van der Waals surface area contributed by atoms with Gasteiger partial charge in [-0.1, -0.05) is 13.8 Å². The van der Waals surface area contributed by atoms with Crippen LogP contribution in [0.3, 0.4) is 0 Å². The van der Waals surface area contributed by atoms with Crippen LogP contribution < -0.4 is 11.1 Å². The predicted molar refractivity (Wildman–Crippen MR) is 62.3 cm³/mol. The van der Waals surface area contributed by atoms with Gasteiger partial charge in [0.05, 0.1) is 5.92 Å². The van der Waals surface area contributed by atoms with Crippen LogP contribution in [0, 0.1) is 29.3 Å². The maximum Gasteiger partial charge on any atom is 0.229 e. The SMILES string of the molecule is CC(C)C(CN)C(=O)Nc1c(F)cc(F)cc1F. The summed E-state index contributed by atoms with van der Waals surface area (Å²) in [6.45, 7) is 3.61. The molecule has 0 fully saturated rings. The lowest BCUT2D eigenvalue weighted by Gasteiger charge is -2.18. The van der Waals surface area contributed by atoms with E-state index in [4.69, 9.17) is 5.73 Å². The molecule has 3 nitrogen and oxygen atoms in total. The van der Waals surface area contributed by atoms with Gasteiger partial charge in [0.15, 0.2) is 11.6 Å². The van der Waals surface area contributed by atoms with E-state index < -0.39 is 35.0 Å². The first-order valence-electron chi connectivity index (χ1n) is 5.52. The number of hydrogen-bond acceptors (Lipinski definition) is 2. The molecule has 0 aliphatic heterocycles. The number of nitrogens with one attached hydrogen (secondary N) is 1. The first-order chi connectivity index (χ1) is 8.36. The van der Waals surface area contributed by atoms with Gasteiger partial charge in [0.2, 0.25) is 5.91 Å². The molecule has 1 rings (SSSR count). The molecule has 1 aromatic rings. The van der Waals surface area contributed by atoms with Crippen LogP contribution in [0.15, 0.2) is 12.1 Å². The van der Waals surface area contributed by atoms with Gasteiger partial charge in [-0.15, -0.1) is 0 Å². The molecule has 0 heterocycles. The lowest BCUT2D eigenvalue weighted by Crippen LogP contribution is -2.33. The molecule has 0 radical (unpaired) electrons. The van der Waals surface area contributed by atoms with E-state index in [1.807, 2.05) is 0 Å². The molecule has 0 aromatic heterocycles. The van der Waals surface area contributed by atoms with Crippen molar-refractivity contribution in [2.24, 2.45) is 17.6 Å². The first kappa shape index (κ1) is 14.5. The minimum absolute atomic E-state index is 0.0634. The molecule has 100 valence electrons. The smallest absolute Gasteiger partial charge is 0.229 e. The second-order valence-corrected chi connectivity index (χ2v) is 4.32. The second-order valence-electron chi connectivity index (χ2n) is 4.32. The highest BCUT2D eigenvalue weighted by molar-refractivity contribution is 5.93. The first-order valence-corrected chi connectivity index (χ1v) is 5.52. The predicted octanol–water partition coefficient (Wildman–Crippen LogP) is 2.27. The van der Waals surface area contributed by atoms with Crippen molar-refractivity contribution in [2.75, 3.05) is 11.9 Å². The molecule has 1 amide bonds. The third kappa shape index (κ3) is 3.22. The summed E-state index contributed by atoms with van der Waals surface area (Å²) in [6, 6.07) is 1.01. The molecule has 1 aromatic carbocycles. The number of carbonyl (C=O) groups excluding carboxylic acids is 1. The average Bonchev–Trinajstić information content (AvgIpc) is 2.23. The van der Waals surface area contributed by atoms with Crippen LogP contribution in [0.1, 0.15) is 13.8 Å². The Morgan fingerprint density at radius 3 is 2.17 bits per heavy atom. The van der Waals surface area contributed by atoms with Crippen molar-refractivity contribution in [3.63, 3.8) is 0 Å². The Bertz CT molecular complexity index is 426. The van der Waals surface area contributed by atoms with Crippen molar-refractivity contribution in [1.82, 2.24) is 0 Å². The lowest BCUT2D eigenvalue weighted by atomic mass is 9.95. The van der Waals surface area contributed by atoms with E-state index in [2.05, 4.69) is 5.32 Å². The number of halogens is 3. The summed E-state index contributed by atoms with van der Waals surface area (Å²) >= 11 is 0. The van der Waals surface area contributed by atoms with E-state index in [0.29, 0.717) is 12.1 Å². The third-order valence-electron chi connectivity index (χ3n) is 2.65. The fourth-order valence-electron chi connectivity index (χ4n) is 1.56. The number of benzene rings is 1. The van der Waals surface area contributed by atoms with Gasteiger partial charge in [-0.25, -0.2) is 13.2 Å². The maximum absolute atomic E-state index is 13.3. The minimum atomic E-state index is -1.15. The summed E-state index contributed by atoms with van der Waals surface area (Å²) in [7, 11) is 0. The Hall–Kier alpha value is -1.56. The van der Waals surface area contributed by atoms with Gasteiger partial charge in [-0.05, 0) is 5.92 Å².